The van der Waals surface area contributed by atoms with Gasteiger partial charge in [0, 0.05) is 5.92 Å². The molecule has 1 aliphatic heterocycles. The van der Waals surface area contributed by atoms with E-state index in [1.165, 1.54) is 0 Å². The fourth-order valence-corrected chi connectivity index (χ4v) is 4.09. The molecule has 2 N–H and O–H groups in total. The molecule has 1 heterocycles. The minimum atomic E-state index is -0.963. The number of hydrogen-bond acceptors (Lipinski definition) is 5. The fraction of sp³-hybridized carbons (Fsp3) is 0.778. The predicted octanol–water partition coefficient (Wildman–Crippen LogP) is 1.91. The van der Waals surface area contributed by atoms with Gasteiger partial charge in [-0.3, -0.25) is 9.59 Å². The fourth-order valence-electron chi connectivity index (χ4n) is 4.09. The second-order valence-corrected chi connectivity index (χ2v) is 7.43. The average Bonchev–Trinajstić information content (AvgIpc) is 3.30. The van der Waals surface area contributed by atoms with Crippen molar-refractivity contribution in [2.75, 3.05) is 6.61 Å². The Bertz CT molecular complexity index is 516. The van der Waals surface area contributed by atoms with E-state index in [1.807, 2.05) is 0 Å². The van der Waals surface area contributed by atoms with Crippen LogP contribution < -0.4 is 0 Å². The van der Waals surface area contributed by atoms with E-state index in [4.69, 9.17) is 14.6 Å². The summed E-state index contributed by atoms with van der Waals surface area (Å²) >= 11 is 0. The van der Waals surface area contributed by atoms with Crippen LogP contribution in [0.15, 0.2) is 12.2 Å². The maximum absolute atomic E-state index is 12.3. The van der Waals surface area contributed by atoms with Crippen LogP contribution in [-0.2, 0) is 19.1 Å². The maximum Gasteiger partial charge on any atom is 0.308 e. The number of carbonyl (C=O) groups excluding carboxylic acids is 1. The third-order valence-electron chi connectivity index (χ3n) is 5.62. The predicted molar refractivity (Wildman–Crippen MR) is 85.2 cm³/mol. The van der Waals surface area contributed by atoms with Crippen LogP contribution in [0, 0.1) is 17.8 Å². The summed E-state index contributed by atoms with van der Waals surface area (Å²) in [6.45, 7) is 4.22. The van der Waals surface area contributed by atoms with Gasteiger partial charge in [-0.2, -0.15) is 0 Å². The van der Waals surface area contributed by atoms with Crippen LogP contribution in [-0.4, -0.2) is 47.1 Å². The van der Waals surface area contributed by atoms with E-state index in [0.29, 0.717) is 49.6 Å². The number of esters is 1. The molecular weight excluding hydrogens is 312 g/mol. The number of aliphatic carboxylic acids is 1. The largest absolute Gasteiger partial charge is 0.481 e. The average molecular weight is 338 g/mol. The van der Waals surface area contributed by atoms with Gasteiger partial charge in [-0.05, 0) is 44.4 Å². The van der Waals surface area contributed by atoms with Crippen molar-refractivity contribution >= 4 is 11.9 Å². The number of hydrogen-bond donors (Lipinski definition) is 2. The molecule has 0 amide bonds. The Morgan fingerprint density at radius 3 is 2.62 bits per heavy atom. The number of aliphatic hydroxyl groups is 1. The first-order chi connectivity index (χ1) is 11.4. The van der Waals surface area contributed by atoms with Crippen LogP contribution in [0.4, 0.5) is 0 Å². The van der Waals surface area contributed by atoms with E-state index in [-0.39, 0.29) is 24.2 Å². The second kappa shape index (κ2) is 7.23. The molecule has 3 rings (SSSR count). The van der Waals surface area contributed by atoms with Gasteiger partial charge in [0.1, 0.15) is 0 Å². The quantitative estimate of drug-likeness (QED) is 0.436. The highest BCUT2D eigenvalue weighted by Crippen LogP contribution is 2.40. The molecule has 1 saturated heterocycles. The molecule has 0 aromatic carbocycles. The van der Waals surface area contributed by atoms with Crippen LogP contribution in [0.25, 0.3) is 0 Å². The van der Waals surface area contributed by atoms with Crippen molar-refractivity contribution in [3.8, 4) is 0 Å². The molecule has 0 spiro atoms. The Hall–Kier alpha value is -1.40. The number of carboxylic acid groups (broad SMARTS) is 1. The molecular formula is C18H26O6. The monoisotopic (exact) mass is 338 g/mol. The van der Waals surface area contributed by atoms with Crippen LogP contribution in [0.2, 0.25) is 0 Å². The highest BCUT2D eigenvalue weighted by Gasteiger charge is 2.44. The lowest BCUT2D eigenvalue weighted by atomic mass is 9.75. The van der Waals surface area contributed by atoms with Gasteiger partial charge in [-0.25, -0.2) is 0 Å². The highest BCUT2D eigenvalue weighted by atomic mass is 16.6. The number of ether oxygens (including phenoxy) is 2. The van der Waals surface area contributed by atoms with Crippen molar-refractivity contribution in [1.82, 2.24) is 0 Å². The van der Waals surface area contributed by atoms with Crippen molar-refractivity contribution in [3.63, 3.8) is 0 Å². The summed E-state index contributed by atoms with van der Waals surface area (Å²) in [5, 5.41) is 19.0. The van der Waals surface area contributed by atoms with Gasteiger partial charge in [0.15, 0.2) is 0 Å². The molecule has 2 aliphatic carbocycles. The first-order valence-electron chi connectivity index (χ1n) is 8.83. The summed E-state index contributed by atoms with van der Waals surface area (Å²) in [5.41, 5.74) is 0.483. The Balaban J connectivity index is 1.47. The first kappa shape index (κ1) is 17.4. The van der Waals surface area contributed by atoms with Crippen molar-refractivity contribution in [2.24, 2.45) is 17.8 Å². The summed E-state index contributed by atoms with van der Waals surface area (Å²) in [4.78, 5) is 23.2. The third-order valence-corrected chi connectivity index (χ3v) is 5.62. The maximum atomic E-state index is 12.3. The number of rotatable bonds is 6. The number of aliphatic hydroxyl groups excluding tert-OH is 1. The lowest BCUT2D eigenvalue weighted by Crippen LogP contribution is -2.35. The molecule has 0 aromatic rings. The minimum absolute atomic E-state index is 0.172. The molecule has 3 aliphatic rings. The highest BCUT2D eigenvalue weighted by molar-refractivity contribution is 5.73. The molecule has 0 aromatic heterocycles. The first-order valence-corrected chi connectivity index (χ1v) is 8.83. The van der Waals surface area contributed by atoms with Gasteiger partial charge in [0.25, 0.3) is 0 Å². The zero-order valence-electron chi connectivity index (χ0n) is 13.9. The van der Waals surface area contributed by atoms with Crippen LogP contribution >= 0.6 is 0 Å². The van der Waals surface area contributed by atoms with Crippen LogP contribution in [0.5, 0.6) is 0 Å². The van der Waals surface area contributed by atoms with E-state index in [2.05, 4.69) is 6.58 Å². The van der Waals surface area contributed by atoms with E-state index in [9.17, 15) is 14.7 Å². The van der Waals surface area contributed by atoms with Crippen molar-refractivity contribution in [3.05, 3.63) is 12.2 Å². The number of carboxylic acids is 1. The van der Waals surface area contributed by atoms with Crippen molar-refractivity contribution < 1.29 is 29.3 Å². The zero-order valence-corrected chi connectivity index (χ0v) is 13.9. The minimum Gasteiger partial charge on any atom is -0.481 e. The lowest BCUT2D eigenvalue weighted by Gasteiger charge is -2.33. The van der Waals surface area contributed by atoms with Gasteiger partial charge in [-0.1, -0.05) is 12.2 Å². The van der Waals surface area contributed by atoms with Crippen molar-refractivity contribution in [2.45, 2.75) is 63.3 Å². The molecule has 0 radical (unpaired) electrons. The summed E-state index contributed by atoms with van der Waals surface area (Å²) in [5.74, 6) is -1.44. The Morgan fingerprint density at radius 2 is 1.92 bits per heavy atom. The SMILES string of the molecule is C=C(CC(=O)O)C1CC(C(=O)OCC2CCC3OC3C2)CCC1O. The number of fused-ring (bicyclic) bond motifs is 1. The zero-order chi connectivity index (χ0) is 17.3. The van der Waals surface area contributed by atoms with Gasteiger partial charge in [0.05, 0.1) is 37.3 Å². The van der Waals surface area contributed by atoms with Crippen molar-refractivity contribution in [1.29, 1.82) is 0 Å². The van der Waals surface area contributed by atoms with E-state index >= 15 is 0 Å². The summed E-state index contributed by atoms with van der Waals surface area (Å²) in [6.07, 6.45) is 4.56. The molecule has 6 atom stereocenters. The lowest BCUT2D eigenvalue weighted by molar-refractivity contribution is -0.152. The smallest absolute Gasteiger partial charge is 0.308 e. The van der Waals surface area contributed by atoms with E-state index in [1.54, 1.807) is 0 Å². The Morgan fingerprint density at radius 1 is 1.12 bits per heavy atom. The van der Waals surface area contributed by atoms with Gasteiger partial charge in [-0.15, -0.1) is 0 Å². The van der Waals surface area contributed by atoms with Crippen LogP contribution in [0.1, 0.15) is 44.9 Å². The summed E-state index contributed by atoms with van der Waals surface area (Å²) in [7, 11) is 0. The summed E-state index contributed by atoms with van der Waals surface area (Å²) < 4.78 is 11.0. The molecule has 6 nitrogen and oxygen atoms in total. The van der Waals surface area contributed by atoms with Gasteiger partial charge in [0.2, 0.25) is 0 Å². The normalized spacial score (nSPS) is 38.0. The van der Waals surface area contributed by atoms with Gasteiger partial charge < -0.3 is 19.7 Å². The molecule has 6 heteroatoms. The third kappa shape index (κ3) is 4.16. The molecule has 3 fully saturated rings. The number of carbonyl (C=O) groups is 2. The van der Waals surface area contributed by atoms with E-state index < -0.39 is 12.1 Å². The molecule has 0 bridgehead atoms. The van der Waals surface area contributed by atoms with Gasteiger partial charge >= 0.3 is 11.9 Å². The number of epoxide rings is 1. The summed E-state index contributed by atoms with van der Waals surface area (Å²) in [6, 6.07) is 0. The topological polar surface area (TPSA) is 96.4 Å². The Kier molecular flexibility index (Phi) is 5.25. The van der Waals surface area contributed by atoms with E-state index in [0.717, 1.165) is 19.3 Å². The van der Waals surface area contributed by atoms with Crippen LogP contribution in [0.3, 0.4) is 0 Å². The molecule has 134 valence electrons. The Labute approximate surface area is 141 Å². The standard InChI is InChI=1S/C18H26O6/c1-10(6-17(20)21)13-8-12(3-4-14(13)19)18(22)23-9-11-2-5-15-16(7-11)24-15/h11-16,19H,1-9H2,(H,20,21). The molecule has 24 heavy (non-hydrogen) atoms. The molecule has 6 unspecified atom stereocenters. The molecule has 2 saturated carbocycles. The second-order valence-electron chi connectivity index (χ2n) is 7.43.